The monoisotopic (exact) mass is 313 g/mol. The van der Waals surface area contributed by atoms with Gasteiger partial charge in [0.25, 0.3) is 0 Å². The molecule has 0 radical (unpaired) electrons. The van der Waals surface area contributed by atoms with Crippen LogP contribution in [-0.4, -0.2) is 44.1 Å². The van der Waals surface area contributed by atoms with Crippen molar-refractivity contribution in [2.45, 2.75) is 26.2 Å². The molecule has 1 aromatic rings. The molecule has 0 aromatic heterocycles. The third-order valence-corrected chi connectivity index (χ3v) is 5.05. The molecule has 0 atom stereocenters. The fourth-order valence-corrected chi connectivity index (χ4v) is 2.91. The van der Waals surface area contributed by atoms with Crippen LogP contribution in [0.5, 0.6) is 0 Å². The van der Waals surface area contributed by atoms with Crippen molar-refractivity contribution in [3.05, 3.63) is 30.3 Å². The van der Waals surface area contributed by atoms with Crippen LogP contribution in [0.15, 0.2) is 30.3 Å². The molecule has 0 amide bonds. The predicted octanol–water partition coefficient (Wildman–Crippen LogP) is 2.18. The van der Waals surface area contributed by atoms with E-state index >= 15 is 0 Å². The first-order chi connectivity index (χ1) is 9.94. The first-order valence-corrected chi connectivity index (χ1v) is 8.99. The highest BCUT2D eigenvalue weighted by atomic mass is 32.2. The molecular formula is C15H23NO4S. The molecule has 6 heteroatoms. The van der Waals surface area contributed by atoms with Crippen LogP contribution in [0.2, 0.25) is 0 Å². The maximum Gasteiger partial charge on any atom is 0.303 e. The van der Waals surface area contributed by atoms with Gasteiger partial charge in [-0.25, -0.2) is 8.42 Å². The maximum atomic E-state index is 11.5. The lowest BCUT2D eigenvalue weighted by atomic mass is 10.2. The lowest BCUT2D eigenvalue weighted by molar-refractivity contribution is -0.137. The number of rotatable bonds is 10. The van der Waals surface area contributed by atoms with Crippen LogP contribution in [0, 0.1) is 0 Å². The van der Waals surface area contributed by atoms with E-state index in [9.17, 15) is 13.2 Å². The summed E-state index contributed by atoms with van der Waals surface area (Å²) in [6.45, 7) is 2.88. The van der Waals surface area contributed by atoms with E-state index in [-0.39, 0.29) is 17.9 Å². The van der Waals surface area contributed by atoms with Gasteiger partial charge in [0.2, 0.25) is 0 Å². The van der Waals surface area contributed by atoms with Gasteiger partial charge in [-0.15, -0.1) is 0 Å². The zero-order chi connectivity index (χ0) is 15.7. The van der Waals surface area contributed by atoms with Crippen LogP contribution in [0.25, 0.3) is 0 Å². The molecule has 0 fully saturated rings. The number of carboxylic acids is 1. The van der Waals surface area contributed by atoms with Crippen LogP contribution in [0.1, 0.15) is 26.2 Å². The molecule has 1 aromatic carbocycles. The molecular weight excluding hydrogens is 290 g/mol. The molecule has 0 heterocycles. The molecule has 118 valence electrons. The summed E-state index contributed by atoms with van der Waals surface area (Å²) in [5.74, 6) is -0.472. The smallest absolute Gasteiger partial charge is 0.303 e. The molecule has 1 rings (SSSR count). The van der Waals surface area contributed by atoms with Crippen molar-refractivity contribution in [1.82, 2.24) is 0 Å². The lowest BCUT2D eigenvalue weighted by Crippen LogP contribution is -2.27. The second-order valence-electron chi connectivity index (χ2n) is 4.91. The quantitative estimate of drug-likeness (QED) is 0.716. The number of sulfone groups is 1. The van der Waals surface area contributed by atoms with Crippen molar-refractivity contribution in [3.63, 3.8) is 0 Å². The van der Waals surface area contributed by atoms with Crippen LogP contribution in [-0.2, 0) is 14.6 Å². The Kier molecular flexibility index (Phi) is 7.22. The van der Waals surface area contributed by atoms with Gasteiger partial charge in [0, 0.05) is 31.0 Å². The highest BCUT2D eigenvalue weighted by molar-refractivity contribution is 7.91. The van der Waals surface area contributed by atoms with E-state index < -0.39 is 15.8 Å². The Labute approximate surface area is 126 Å². The Morgan fingerprint density at radius 3 is 2.33 bits per heavy atom. The average Bonchev–Trinajstić information content (AvgIpc) is 2.46. The lowest BCUT2D eigenvalue weighted by Gasteiger charge is -2.24. The Hall–Kier alpha value is -1.56. The number of benzene rings is 1. The third-order valence-electron chi connectivity index (χ3n) is 3.26. The highest BCUT2D eigenvalue weighted by Gasteiger charge is 2.11. The Balaban J connectivity index is 2.58. The Morgan fingerprint density at radius 2 is 1.76 bits per heavy atom. The van der Waals surface area contributed by atoms with Crippen LogP contribution in [0.3, 0.4) is 0 Å². The van der Waals surface area contributed by atoms with E-state index in [4.69, 9.17) is 5.11 Å². The predicted molar refractivity (Wildman–Crippen MR) is 84.5 cm³/mol. The van der Waals surface area contributed by atoms with Gasteiger partial charge in [-0.2, -0.15) is 0 Å². The van der Waals surface area contributed by atoms with Gasteiger partial charge in [-0.3, -0.25) is 4.79 Å². The molecule has 0 unspecified atom stereocenters. The van der Waals surface area contributed by atoms with Crippen LogP contribution >= 0.6 is 0 Å². The van der Waals surface area contributed by atoms with Crippen LogP contribution in [0.4, 0.5) is 5.69 Å². The summed E-state index contributed by atoms with van der Waals surface area (Å²) in [5.41, 5.74) is 0.997. The van der Waals surface area contributed by atoms with Gasteiger partial charge in [0.15, 0.2) is 0 Å². The first kappa shape index (κ1) is 17.5. The minimum Gasteiger partial charge on any atom is -0.481 e. The maximum absolute atomic E-state index is 11.5. The van der Waals surface area contributed by atoms with Gasteiger partial charge >= 0.3 is 5.97 Å². The van der Waals surface area contributed by atoms with Crippen molar-refractivity contribution in [1.29, 1.82) is 0 Å². The van der Waals surface area contributed by atoms with Crippen molar-refractivity contribution in [2.24, 2.45) is 0 Å². The molecule has 21 heavy (non-hydrogen) atoms. The number of anilines is 1. The topological polar surface area (TPSA) is 74.7 Å². The molecule has 0 spiro atoms. The second-order valence-corrected chi connectivity index (χ2v) is 7.38. The molecule has 0 bridgehead atoms. The van der Waals surface area contributed by atoms with Gasteiger partial charge < -0.3 is 10.0 Å². The molecule has 0 aliphatic carbocycles. The van der Waals surface area contributed by atoms with Gasteiger partial charge in [0.05, 0.1) is 5.75 Å². The van der Waals surface area contributed by atoms with Gasteiger partial charge in [0.1, 0.15) is 9.84 Å². The standard InChI is InChI=1S/C15H23NO4S/c1-2-21(19,20)13-7-12-16(11-6-10-15(17)18)14-8-4-3-5-9-14/h3-5,8-9H,2,6-7,10-13H2,1H3,(H,17,18). The molecule has 5 nitrogen and oxygen atoms in total. The summed E-state index contributed by atoms with van der Waals surface area (Å²) in [6.07, 6.45) is 1.22. The molecule has 0 saturated heterocycles. The number of hydrogen-bond acceptors (Lipinski definition) is 4. The number of carbonyl (C=O) groups is 1. The van der Waals surface area contributed by atoms with E-state index in [1.54, 1.807) is 6.92 Å². The van der Waals surface area contributed by atoms with E-state index in [2.05, 4.69) is 0 Å². The van der Waals surface area contributed by atoms with Gasteiger partial charge in [-0.1, -0.05) is 25.1 Å². The Morgan fingerprint density at radius 1 is 1.14 bits per heavy atom. The summed E-state index contributed by atoms with van der Waals surface area (Å²) < 4.78 is 23.0. The van der Waals surface area contributed by atoms with E-state index in [1.165, 1.54) is 0 Å². The van der Waals surface area contributed by atoms with E-state index in [0.29, 0.717) is 25.9 Å². The summed E-state index contributed by atoms with van der Waals surface area (Å²) in [7, 11) is -2.95. The van der Waals surface area contributed by atoms with Crippen molar-refractivity contribution >= 4 is 21.5 Å². The van der Waals surface area contributed by atoms with Crippen molar-refractivity contribution in [2.75, 3.05) is 29.5 Å². The normalized spacial score (nSPS) is 11.3. The first-order valence-electron chi connectivity index (χ1n) is 7.17. The van der Waals surface area contributed by atoms with Gasteiger partial charge in [-0.05, 0) is 25.0 Å². The largest absolute Gasteiger partial charge is 0.481 e. The number of aliphatic carboxylic acids is 1. The summed E-state index contributed by atoms with van der Waals surface area (Å²) >= 11 is 0. The number of para-hydroxylation sites is 1. The van der Waals surface area contributed by atoms with Crippen LogP contribution < -0.4 is 4.90 Å². The molecule has 0 saturated carbocycles. The molecule has 1 N–H and O–H groups in total. The minimum atomic E-state index is -2.95. The fourth-order valence-electron chi connectivity index (χ4n) is 2.05. The summed E-state index contributed by atoms with van der Waals surface area (Å²) in [5, 5.41) is 8.71. The van der Waals surface area contributed by atoms with Crippen molar-refractivity contribution in [3.8, 4) is 0 Å². The minimum absolute atomic E-state index is 0.122. The average molecular weight is 313 g/mol. The van der Waals surface area contributed by atoms with Crippen molar-refractivity contribution < 1.29 is 18.3 Å². The summed E-state index contributed by atoms with van der Waals surface area (Å²) in [4.78, 5) is 12.7. The second kappa shape index (κ2) is 8.67. The molecule has 0 aliphatic rings. The zero-order valence-electron chi connectivity index (χ0n) is 12.4. The highest BCUT2D eigenvalue weighted by Crippen LogP contribution is 2.15. The molecule has 0 aliphatic heterocycles. The zero-order valence-corrected chi connectivity index (χ0v) is 13.2. The van der Waals surface area contributed by atoms with E-state index in [0.717, 1.165) is 5.69 Å². The SMILES string of the molecule is CCS(=O)(=O)CCCN(CCCC(=O)O)c1ccccc1. The number of nitrogens with zero attached hydrogens (tertiary/aromatic N) is 1. The van der Waals surface area contributed by atoms with E-state index in [1.807, 2.05) is 35.2 Å². The number of carboxylic acid groups (broad SMARTS) is 1. The fraction of sp³-hybridized carbons (Fsp3) is 0.533. The third kappa shape index (κ3) is 7.13. The Bertz CT molecular complexity index is 528. The number of hydrogen-bond donors (Lipinski definition) is 1. The summed E-state index contributed by atoms with van der Waals surface area (Å²) in [6, 6.07) is 9.66.